The number of hydrogen-bond donors (Lipinski definition) is 0. The number of nitrogens with zero attached hydrogens (tertiary/aromatic N) is 3. The van der Waals surface area contributed by atoms with E-state index in [2.05, 4.69) is 14.7 Å². The van der Waals surface area contributed by atoms with Crippen LogP contribution in [-0.2, 0) is 9.53 Å². The van der Waals surface area contributed by atoms with Gasteiger partial charge in [-0.1, -0.05) is 11.6 Å². The van der Waals surface area contributed by atoms with Crippen molar-refractivity contribution in [3.8, 4) is 0 Å². The van der Waals surface area contributed by atoms with Crippen molar-refractivity contribution in [1.29, 1.82) is 0 Å². The summed E-state index contributed by atoms with van der Waals surface area (Å²) in [7, 11) is 3.16. The predicted octanol–water partition coefficient (Wildman–Crippen LogP) is 1.13. The third kappa shape index (κ3) is 3.36. The van der Waals surface area contributed by atoms with Crippen LogP contribution in [0.15, 0.2) is 12.5 Å². The molecule has 0 N–H and O–H groups in total. The molecule has 1 rings (SSSR count). The summed E-state index contributed by atoms with van der Waals surface area (Å²) in [5.74, 6) is 0.350. The summed E-state index contributed by atoms with van der Waals surface area (Å²) in [5, 5.41) is 0.463. The lowest BCUT2D eigenvalue weighted by atomic mass is 10.4. The van der Waals surface area contributed by atoms with Crippen LogP contribution in [0.1, 0.15) is 6.42 Å². The Balaban J connectivity index is 2.57. The van der Waals surface area contributed by atoms with Crippen LogP contribution < -0.4 is 4.90 Å². The molecule has 0 spiro atoms. The Bertz CT molecular complexity index is 346. The summed E-state index contributed by atoms with van der Waals surface area (Å²) in [6, 6.07) is 0. The Labute approximate surface area is 93.0 Å². The Morgan fingerprint density at radius 2 is 2.40 bits per heavy atom. The molecule has 0 radical (unpaired) electrons. The first-order valence-corrected chi connectivity index (χ1v) is 4.76. The molecule has 5 nitrogen and oxygen atoms in total. The Hall–Kier alpha value is -1.36. The molecule has 1 aromatic rings. The van der Waals surface area contributed by atoms with Crippen LogP contribution in [0.2, 0.25) is 5.02 Å². The minimum atomic E-state index is -0.257. The van der Waals surface area contributed by atoms with Crippen LogP contribution in [0.3, 0.4) is 0 Å². The molecule has 0 aliphatic heterocycles. The van der Waals surface area contributed by atoms with Crippen molar-refractivity contribution < 1.29 is 9.53 Å². The molecule has 15 heavy (non-hydrogen) atoms. The summed E-state index contributed by atoms with van der Waals surface area (Å²) in [4.78, 5) is 20.5. The number of ether oxygens (including phenoxy) is 1. The van der Waals surface area contributed by atoms with Gasteiger partial charge in [0.05, 0.1) is 19.7 Å². The molecule has 0 aliphatic carbocycles. The highest BCUT2D eigenvalue weighted by molar-refractivity contribution is 6.32. The Morgan fingerprint density at radius 1 is 1.67 bits per heavy atom. The minimum absolute atomic E-state index is 0.257. The van der Waals surface area contributed by atoms with E-state index in [-0.39, 0.29) is 5.97 Å². The molecule has 1 aromatic heterocycles. The highest BCUT2D eigenvalue weighted by atomic mass is 35.5. The minimum Gasteiger partial charge on any atom is -0.469 e. The predicted molar refractivity (Wildman–Crippen MR) is 56.9 cm³/mol. The number of carbonyl (C=O) groups excluding carboxylic acids is 1. The first-order chi connectivity index (χ1) is 7.15. The summed E-state index contributed by atoms with van der Waals surface area (Å²) in [5.41, 5.74) is 0. The fourth-order valence-electron chi connectivity index (χ4n) is 1.05. The number of aromatic nitrogens is 2. The summed E-state index contributed by atoms with van der Waals surface area (Å²) in [6.07, 6.45) is 3.22. The molecule has 0 bridgehead atoms. The van der Waals surface area contributed by atoms with Gasteiger partial charge in [0.2, 0.25) is 0 Å². The van der Waals surface area contributed by atoms with E-state index in [4.69, 9.17) is 11.6 Å². The monoisotopic (exact) mass is 229 g/mol. The van der Waals surface area contributed by atoms with Gasteiger partial charge < -0.3 is 9.64 Å². The van der Waals surface area contributed by atoms with E-state index in [9.17, 15) is 4.79 Å². The molecular weight excluding hydrogens is 218 g/mol. The van der Waals surface area contributed by atoms with Crippen LogP contribution in [0.25, 0.3) is 0 Å². The van der Waals surface area contributed by atoms with Crippen molar-refractivity contribution in [2.24, 2.45) is 0 Å². The summed E-state index contributed by atoms with van der Waals surface area (Å²) >= 11 is 5.89. The van der Waals surface area contributed by atoms with Gasteiger partial charge in [0.15, 0.2) is 5.82 Å². The second-order valence-electron chi connectivity index (χ2n) is 2.94. The smallest absolute Gasteiger partial charge is 0.307 e. The second kappa shape index (κ2) is 5.50. The summed E-state index contributed by atoms with van der Waals surface area (Å²) < 4.78 is 4.54. The third-order valence-electron chi connectivity index (χ3n) is 1.89. The third-order valence-corrected chi connectivity index (χ3v) is 2.16. The first-order valence-electron chi connectivity index (χ1n) is 4.38. The fourth-order valence-corrected chi connectivity index (χ4v) is 1.30. The van der Waals surface area contributed by atoms with Gasteiger partial charge in [0.25, 0.3) is 0 Å². The van der Waals surface area contributed by atoms with Crippen molar-refractivity contribution in [2.75, 3.05) is 25.6 Å². The van der Waals surface area contributed by atoms with E-state index < -0.39 is 0 Å². The fraction of sp³-hybridized carbons (Fsp3) is 0.444. The van der Waals surface area contributed by atoms with E-state index >= 15 is 0 Å². The normalized spacial score (nSPS) is 9.80. The van der Waals surface area contributed by atoms with Gasteiger partial charge in [0, 0.05) is 13.6 Å². The largest absolute Gasteiger partial charge is 0.469 e. The van der Waals surface area contributed by atoms with Gasteiger partial charge in [-0.05, 0) is 0 Å². The van der Waals surface area contributed by atoms with Gasteiger partial charge in [-0.2, -0.15) is 0 Å². The lowest BCUT2D eigenvalue weighted by molar-refractivity contribution is -0.140. The standard InChI is InChI=1S/C9H12ClN3O2/c1-13(4-3-8(14)15-2)9-7(10)5-11-6-12-9/h5-6H,3-4H2,1-2H3. The van der Waals surface area contributed by atoms with Crippen LogP contribution >= 0.6 is 11.6 Å². The maximum atomic E-state index is 10.9. The second-order valence-corrected chi connectivity index (χ2v) is 3.35. The van der Waals surface area contributed by atoms with E-state index in [0.717, 1.165) is 0 Å². The number of hydrogen-bond acceptors (Lipinski definition) is 5. The molecule has 6 heteroatoms. The lowest BCUT2D eigenvalue weighted by Crippen LogP contribution is -2.22. The number of anilines is 1. The van der Waals surface area contributed by atoms with Gasteiger partial charge in [-0.15, -0.1) is 0 Å². The molecule has 0 saturated carbocycles. The summed E-state index contributed by atoms with van der Waals surface area (Å²) in [6.45, 7) is 0.503. The number of halogens is 1. The molecular formula is C9H12ClN3O2. The zero-order chi connectivity index (χ0) is 11.3. The van der Waals surface area contributed by atoms with E-state index in [1.165, 1.54) is 19.6 Å². The number of rotatable bonds is 4. The highest BCUT2D eigenvalue weighted by Gasteiger charge is 2.09. The van der Waals surface area contributed by atoms with Crippen molar-refractivity contribution in [1.82, 2.24) is 9.97 Å². The van der Waals surface area contributed by atoms with Gasteiger partial charge in [-0.25, -0.2) is 9.97 Å². The average Bonchev–Trinajstić information content (AvgIpc) is 2.26. The van der Waals surface area contributed by atoms with Crippen molar-refractivity contribution >= 4 is 23.4 Å². The van der Waals surface area contributed by atoms with E-state index in [1.54, 1.807) is 11.9 Å². The molecule has 0 aliphatic rings. The Kier molecular flexibility index (Phi) is 4.30. The first kappa shape index (κ1) is 11.7. The maximum Gasteiger partial charge on any atom is 0.307 e. The topological polar surface area (TPSA) is 55.3 Å². The molecule has 0 saturated heterocycles. The zero-order valence-corrected chi connectivity index (χ0v) is 9.36. The SMILES string of the molecule is COC(=O)CCN(C)c1ncncc1Cl. The maximum absolute atomic E-state index is 10.9. The van der Waals surface area contributed by atoms with Crippen molar-refractivity contribution in [3.05, 3.63) is 17.5 Å². The van der Waals surface area contributed by atoms with Crippen LogP contribution in [-0.4, -0.2) is 36.6 Å². The number of carbonyl (C=O) groups is 1. The van der Waals surface area contributed by atoms with E-state index in [1.807, 2.05) is 0 Å². The number of esters is 1. The lowest BCUT2D eigenvalue weighted by Gasteiger charge is -2.17. The number of methoxy groups -OCH3 is 1. The zero-order valence-electron chi connectivity index (χ0n) is 8.61. The molecule has 82 valence electrons. The average molecular weight is 230 g/mol. The molecule has 0 aromatic carbocycles. The Morgan fingerprint density at radius 3 is 3.00 bits per heavy atom. The van der Waals surface area contributed by atoms with Gasteiger partial charge in [0.1, 0.15) is 11.3 Å². The van der Waals surface area contributed by atoms with Gasteiger partial charge >= 0.3 is 5.97 Å². The van der Waals surface area contributed by atoms with Crippen LogP contribution in [0.4, 0.5) is 5.82 Å². The quantitative estimate of drug-likeness (QED) is 0.725. The van der Waals surface area contributed by atoms with Gasteiger partial charge in [-0.3, -0.25) is 4.79 Å². The molecule has 0 fully saturated rings. The van der Waals surface area contributed by atoms with E-state index in [0.29, 0.717) is 23.8 Å². The molecule has 0 amide bonds. The molecule has 0 unspecified atom stereocenters. The molecule has 1 heterocycles. The van der Waals surface area contributed by atoms with Crippen LogP contribution in [0.5, 0.6) is 0 Å². The van der Waals surface area contributed by atoms with Crippen LogP contribution in [0, 0.1) is 0 Å². The van der Waals surface area contributed by atoms with Crippen molar-refractivity contribution in [2.45, 2.75) is 6.42 Å². The highest BCUT2D eigenvalue weighted by Crippen LogP contribution is 2.19. The van der Waals surface area contributed by atoms with Crippen molar-refractivity contribution in [3.63, 3.8) is 0 Å². The molecule has 0 atom stereocenters.